The Morgan fingerprint density at radius 2 is 2.00 bits per heavy atom. The van der Waals surface area contributed by atoms with E-state index >= 15 is 0 Å². The van der Waals surface area contributed by atoms with Crippen LogP contribution in [0.1, 0.15) is 48.2 Å². The first-order chi connectivity index (χ1) is 12.3. The number of ether oxygens (including phenoxy) is 1. The number of carbonyl (C=O) groups is 2. The third kappa shape index (κ3) is 6.54. The van der Waals surface area contributed by atoms with Crippen LogP contribution in [0.15, 0.2) is 18.2 Å². The summed E-state index contributed by atoms with van der Waals surface area (Å²) in [7, 11) is 0. The predicted octanol–water partition coefficient (Wildman–Crippen LogP) is 2.74. The molecule has 1 saturated heterocycles. The van der Waals surface area contributed by atoms with Gasteiger partial charge in [0.25, 0.3) is 0 Å². The molecule has 0 spiro atoms. The molecule has 1 N–H and O–H groups in total. The first-order valence-corrected chi connectivity index (χ1v) is 9.56. The zero-order valence-electron chi connectivity index (χ0n) is 16.5. The van der Waals surface area contributed by atoms with E-state index in [1.165, 1.54) is 5.56 Å². The van der Waals surface area contributed by atoms with Crippen molar-refractivity contribution in [2.24, 2.45) is 5.92 Å². The molecule has 5 heteroatoms. The van der Waals surface area contributed by atoms with Crippen molar-refractivity contribution < 1.29 is 14.3 Å². The molecule has 26 heavy (non-hydrogen) atoms. The Labute approximate surface area is 157 Å². The third-order valence-electron chi connectivity index (χ3n) is 4.78. The van der Waals surface area contributed by atoms with Crippen LogP contribution in [0.2, 0.25) is 0 Å². The van der Waals surface area contributed by atoms with E-state index in [1.807, 2.05) is 32.0 Å². The summed E-state index contributed by atoms with van der Waals surface area (Å²) in [6.07, 6.45) is 0.481. The molecule has 0 aromatic heterocycles. The Kier molecular flexibility index (Phi) is 7.79. The van der Waals surface area contributed by atoms with Gasteiger partial charge in [-0.05, 0) is 37.0 Å². The van der Waals surface area contributed by atoms with Crippen molar-refractivity contribution in [3.63, 3.8) is 0 Å². The fraction of sp³-hybridized carbons (Fsp3) is 0.619. The summed E-state index contributed by atoms with van der Waals surface area (Å²) in [5.41, 5.74) is 2.94. The maximum absolute atomic E-state index is 12.3. The number of aryl methyl sites for hydroxylation is 2. The summed E-state index contributed by atoms with van der Waals surface area (Å²) in [5.74, 6) is 0.548. The van der Waals surface area contributed by atoms with E-state index in [1.54, 1.807) is 0 Å². The van der Waals surface area contributed by atoms with Crippen molar-refractivity contribution in [1.82, 2.24) is 10.2 Å². The Morgan fingerprint density at radius 3 is 2.69 bits per heavy atom. The molecule has 0 unspecified atom stereocenters. The lowest BCUT2D eigenvalue weighted by Gasteiger charge is -2.33. The first kappa shape index (κ1) is 20.6. The van der Waals surface area contributed by atoms with Crippen LogP contribution in [0.4, 0.5) is 0 Å². The van der Waals surface area contributed by atoms with Gasteiger partial charge >= 0.3 is 0 Å². The minimum Gasteiger partial charge on any atom is -0.374 e. The zero-order valence-corrected chi connectivity index (χ0v) is 16.5. The molecule has 0 saturated carbocycles. The highest BCUT2D eigenvalue weighted by Crippen LogP contribution is 2.12. The van der Waals surface area contributed by atoms with Crippen LogP contribution in [0.5, 0.6) is 0 Å². The minimum absolute atomic E-state index is 0.0141. The average molecular weight is 360 g/mol. The van der Waals surface area contributed by atoms with Crippen LogP contribution in [-0.2, 0) is 9.53 Å². The Hall–Kier alpha value is -1.72. The number of nitrogens with one attached hydrogen (secondary N) is 1. The second-order valence-electron chi connectivity index (χ2n) is 7.67. The number of nitrogens with zero attached hydrogens (tertiary/aromatic N) is 1. The van der Waals surface area contributed by atoms with Gasteiger partial charge in [0.1, 0.15) is 0 Å². The van der Waals surface area contributed by atoms with Crippen LogP contribution < -0.4 is 5.32 Å². The molecule has 2 rings (SSSR count). The van der Waals surface area contributed by atoms with Gasteiger partial charge in [0, 0.05) is 44.6 Å². The van der Waals surface area contributed by atoms with Crippen molar-refractivity contribution in [1.29, 1.82) is 0 Å². The zero-order chi connectivity index (χ0) is 19.1. The molecule has 1 heterocycles. The summed E-state index contributed by atoms with van der Waals surface area (Å²) >= 11 is 0. The number of rotatable bonds is 8. The maximum atomic E-state index is 12.3. The number of amides is 1. The van der Waals surface area contributed by atoms with Gasteiger partial charge in [0.05, 0.1) is 12.7 Å². The quantitative estimate of drug-likeness (QED) is 0.724. The summed E-state index contributed by atoms with van der Waals surface area (Å²) in [5, 5.41) is 2.91. The van der Waals surface area contributed by atoms with Gasteiger partial charge in [0.15, 0.2) is 5.78 Å². The van der Waals surface area contributed by atoms with Gasteiger partial charge in [-0.1, -0.05) is 26.0 Å². The maximum Gasteiger partial charge on any atom is 0.220 e. The molecule has 0 bridgehead atoms. The molecule has 0 aliphatic carbocycles. The summed E-state index contributed by atoms with van der Waals surface area (Å²) in [6, 6.07) is 5.68. The molecular weight excluding hydrogens is 328 g/mol. The molecule has 1 aliphatic rings. The molecule has 1 aliphatic heterocycles. The SMILES string of the molecule is Cc1ccc(C(=O)CCC(=O)NC[C@@H]2CN(CC(C)C)CCO2)cc1C. The number of ketones is 1. The van der Waals surface area contributed by atoms with Crippen LogP contribution in [0.3, 0.4) is 0 Å². The number of hydrogen-bond acceptors (Lipinski definition) is 4. The van der Waals surface area contributed by atoms with Gasteiger partial charge in [0.2, 0.25) is 5.91 Å². The molecule has 1 aromatic rings. The summed E-state index contributed by atoms with van der Waals surface area (Å²) in [6.45, 7) is 12.5. The summed E-state index contributed by atoms with van der Waals surface area (Å²) in [4.78, 5) is 26.7. The van der Waals surface area contributed by atoms with E-state index in [0.29, 0.717) is 24.6 Å². The van der Waals surface area contributed by atoms with Crippen molar-refractivity contribution in [3.8, 4) is 0 Å². The van der Waals surface area contributed by atoms with Gasteiger partial charge in [-0.25, -0.2) is 0 Å². The van der Waals surface area contributed by atoms with Gasteiger partial charge in [-0.3, -0.25) is 14.5 Å². The van der Waals surface area contributed by atoms with E-state index in [2.05, 4.69) is 24.1 Å². The molecule has 0 radical (unpaired) electrons. The molecule has 1 amide bonds. The second kappa shape index (κ2) is 9.83. The van der Waals surface area contributed by atoms with Gasteiger partial charge < -0.3 is 10.1 Å². The highest BCUT2D eigenvalue weighted by Gasteiger charge is 2.21. The molecule has 5 nitrogen and oxygen atoms in total. The summed E-state index contributed by atoms with van der Waals surface area (Å²) < 4.78 is 5.74. The Bertz CT molecular complexity index is 628. The lowest BCUT2D eigenvalue weighted by Crippen LogP contribution is -2.48. The largest absolute Gasteiger partial charge is 0.374 e. The highest BCUT2D eigenvalue weighted by molar-refractivity contribution is 5.98. The van der Waals surface area contributed by atoms with E-state index < -0.39 is 0 Å². The second-order valence-corrected chi connectivity index (χ2v) is 7.67. The minimum atomic E-state index is -0.0910. The van der Waals surface area contributed by atoms with Crippen LogP contribution >= 0.6 is 0 Å². The van der Waals surface area contributed by atoms with E-state index in [4.69, 9.17) is 4.74 Å². The van der Waals surface area contributed by atoms with E-state index in [9.17, 15) is 9.59 Å². The monoisotopic (exact) mass is 360 g/mol. The van der Waals surface area contributed by atoms with Gasteiger partial charge in [-0.15, -0.1) is 0 Å². The van der Waals surface area contributed by atoms with Crippen molar-refractivity contribution in [2.45, 2.75) is 46.6 Å². The fourth-order valence-corrected chi connectivity index (χ4v) is 3.19. The van der Waals surface area contributed by atoms with Crippen LogP contribution in [-0.4, -0.2) is 55.5 Å². The molecule has 1 fully saturated rings. The van der Waals surface area contributed by atoms with E-state index in [-0.39, 0.29) is 30.6 Å². The number of morpholine rings is 1. The van der Waals surface area contributed by atoms with Crippen molar-refractivity contribution in [2.75, 3.05) is 32.8 Å². The number of carbonyl (C=O) groups excluding carboxylic acids is 2. The molecular formula is C21H32N2O3. The fourth-order valence-electron chi connectivity index (χ4n) is 3.19. The average Bonchev–Trinajstić information content (AvgIpc) is 2.60. The predicted molar refractivity (Wildman–Crippen MR) is 104 cm³/mol. The van der Waals surface area contributed by atoms with Crippen LogP contribution in [0, 0.1) is 19.8 Å². The molecule has 144 valence electrons. The smallest absolute Gasteiger partial charge is 0.220 e. The lowest BCUT2D eigenvalue weighted by molar-refractivity contribution is -0.122. The number of Topliss-reactive ketones (excluding diaryl/α,β-unsaturated/α-hetero) is 1. The standard InChI is InChI=1S/C21H32N2O3/c1-15(2)13-23-9-10-26-19(14-23)12-22-21(25)8-7-20(24)18-6-5-16(3)17(4)11-18/h5-6,11,15,19H,7-10,12-14H2,1-4H3,(H,22,25)/t19-/m1/s1. The Balaban J connectivity index is 1.71. The third-order valence-corrected chi connectivity index (χ3v) is 4.78. The first-order valence-electron chi connectivity index (χ1n) is 9.56. The van der Waals surface area contributed by atoms with Crippen LogP contribution in [0.25, 0.3) is 0 Å². The Morgan fingerprint density at radius 1 is 1.23 bits per heavy atom. The lowest BCUT2D eigenvalue weighted by atomic mass is 10.0. The molecule has 1 atom stereocenters. The number of hydrogen-bond donors (Lipinski definition) is 1. The van der Waals surface area contributed by atoms with Crippen molar-refractivity contribution in [3.05, 3.63) is 34.9 Å². The number of benzene rings is 1. The molecule has 1 aromatic carbocycles. The topological polar surface area (TPSA) is 58.6 Å². The van der Waals surface area contributed by atoms with Gasteiger partial charge in [-0.2, -0.15) is 0 Å². The van der Waals surface area contributed by atoms with E-state index in [0.717, 1.165) is 25.2 Å². The van der Waals surface area contributed by atoms with Crippen molar-refractivity contribution >= 4 is 11.7 Å². The normalized spacial score (nSPS) is 18.1. The highest BCUT2D eigenvalue weighted by atomic mass is 16.5.